The molecular formula is C19H14ClNO4. The smallest absolute Gasteiger partial charge is 0.335 e. The van der Waals surface area contributed by atoms with Gasteiger partial charge in [0, 0.05) is 16.3 Å². The maximum absolute atomic E-state index is 12.4. The van der Waals surface area contributed by atoms with E-state index in [1.54, 1.807) is 49.4 Å². The van der Waals surface area contributed by atoms with Crippen molar-refractivity contribution in [3.63, 3.8) is 0 Å². The summed E-state index contributed by atoms with van der Waals surface area (Å²) < 4.78 is 5.59. The summed E-state index contributed by atoms with van der Waals surface area (Å²) in [5.41, 5.74) is 2.08. The van der Waals surface area contributed by atoms with Crippen LogP contribution >= 0.6 is 11.6 Å². The lowest BCUT2D eigenvalue weighted by molar-refractivity contribution is 0.0696. The highest BCUT2D eigenvalue weighted by molar-refractivity contribution is 6.30. The van der Waals surface area contributed by atoms with Crippen LogP contribution in [0.4, 0.5) is 5.69 Å². The minimum atomic E-state index is -1.06. The topological polar surface area (TPSA) is 79.5 Å². The number of anilines is 1. The maximum Gasteiger partial charge on any atom is 0.335 e. The second kappa shape index (κ2) is 6.83. The van der Waals surface area contributed by atoms with Crippen molar-refractivity contribution < 1.29 is 19.1 Å². The third-order valence-electron chi connectivity index (χ3n) is 3.69. The number of benzene rings is 2. The molecule has 0 atom stereocenters. The number of hydrogen-bond donors (Lipinski definition) is 2. The highest BCUT2D eigenvalue weighted by Crippen LogP contribution is 2.25. The number of carbonyl (C=O) groups excluding carboxylic acids is 1. The highest BCUT2D eigenvalue weighted by Gasteiger charge is 2.15. The van der Waals surface area contributed by atoms with Crippen molar-refractivity contribution in [2.45, 2.75) is 6.92 Å². The minimum absolute atomic E-state index is 0.0993. The lowest BCUT2D eigenvalue weighted by Crippen LogP contribution is -2.12. The van der Waals surface area contributed by atoms with E-state index >= 15 is 0 Å². The Hall–Kier alpha value is -3.05. The van der Waals surface area contributed by atoms with Crippen LogP contribution in [0.2, 0.25) is 5.02 Å². The van der Waals surface area contributed by atoms with E-state index in [9.17, 15) is 9.59 Å². The third-order valence-corrected chi connectivity index (χ3v) is 3.94. The van der Waals surface area contributed by atoms with Gasteiger partial charge in [-0.3, -0.25) is 4.79 Å². The normalized spacial score (nSPS) is 10.5. The fourth-order valence-corrected chi connectivity index (χ4v) is 2.43. The number of furan rings is 1. The van der Waals surface area contributed by atoms with Crippen LogP contribution in [0.25, 0.3) is 11.3 Å². The monoisotopic (exact) mass is 355 g/mol. The summed E-state index contributed by atoms with van der Waals surface area (Å²) in [7, 11) is 0. The molecule has 1 heterocycles. The number of carbonyl (C=O) groups is 2. The SMILES string of the molecule is Cc1ccc(C(=O)O)cc1NC(=O)c1ccc(-c2ccc(Cl)cc2)o1. The van der Waals surface area contributed by atoms with Gasteiger partial charge in [-0.15, -0.1) is 0 Å². The first-order valence-electron chi connectivity index (χ1n) is 7.45. The van der Waals surface area contributed by atoms with Crippen LogP contribution in [0.3, 0.4) is 0 Å². The van der Waals surface area contributed by atoms with Gasteiger partial charge >= 0.3 is 5.97 Å². The standard InChI is InChI=1S/C19H14ClNO4/c1-11-2-3-13(19(23)24)10-15(11)21-18(22)17-9-8-16(25-17)12-4-6-14(20)7-5-12/h2-10H,1H3,(H,21,22)(H,23,24). The molecule has 1 aromatic heterocycles. The summed E-state index contributed by atoms with van der Waals surface area (Å²) >= 11 is 5.86. The number of nitrogens with one attached hydrogen (secondary N) is 1. The van der Waals surface area contributed by atoms with Gasteiger partial charge in [0.1, 0.15) is 5.76 Å². The van der Waals surface area contributed by atoms with Gasteiger partial charge in [0.2, 0.25) is 0 Å². The van der Waals surface area contributed by atoms with Crippen LogP contribution in [0.5, 0.6) is 0 Å². The molecular weight excluding hydrogens is 342 g/mol. The molecule has 0 aliphatic heterocycles. The molecule has 0 unspecified atom stereocenters. The highest BCUT2D eigenvalue weighted by atomic mass is 35.5. The van der Waals surface area contributed by atoms with Gasteiger partial charge in [0.05, 0.1) is 5.56 Å². The van der Waals surface area contributed by atoms with Crippen molar-refractivity contribution in [2.24, 2.45) is 0 Å². The summed E-state index contributed by atoms with van der Waals surface area (Å²) in [6, 6.07) is 14.9. The van der Waals surface area contributed by atoms with Crippen molar-refractivity contribution in [3.8, 4) is 11.3 Å². The maximum atomic E-state index is 12.4. The predicted octanol–water partition coefficient (Wildman–Crippen LogP) is 4.86. The Kier molecular flexibility index (Phi) is 4.59. The van der Waals surface area contributed by atoms with Crippen LogP contribution in [0.15, 0.2) is 59.0 Å². The quantitative estimate of drug-likeness (QED) is 0.700. The first-order valence-corrected chi connectivity index (χ1v) is 7.83. The summed E-state index contributed by atoms with van der Waals surface area (Å²) in [6.45, 7) is 1.78. The molecule has 0 aliphatic rings. The van der Waals surface area contributed by atoms with E-state index in [1.807, 2.05) is 0 Å². The van der Waals surface area contributed by atoms with Crippen molar-refractivity contribution in [3.05, 3.63) is 76.5 Å². The molecule has 0 spiro atoms. The lowest BCUT2D eigenvalue weighted by Gasteiger charge is -2.08. The molecule has 0 radical (unpaired) electrons. The molecule has 126 valence electrons. The van der Waals surface area contributed by atoms with Crippen molar-refractivity contribution in [2.75, 3.05) is 5.32 Å². The van der Waals surface area contributed by atoms with Crippen molar-refractivity contribution in [1.29, 1.82) is 0 Å². The Morgan fingerprint density at radius 2 is 1.76 bits per heavy atom. The van der Waals surface area contributed by atoms with Crippen LogP contribution in [-0.2, 0) is 0 Å². The fourth-order valence-electron chi connectivity index (χ4n) is 2.30. The zero-order valence-electron chi connectivity index (χ0n) is 13.2. The van der Waals surface area contributed by atoms with Crippen LogP contribution in [0, 0.1) is 6.92 Å². The molecule has 0 fully saturated rings. The Morgan fingerprint density at radius 1 is 1.04 bits per heavy atom. The molecule has 2 aromatic carbocycles. The zero-order chi connectivity index (χ0) is 18.0. The second-order valence-electron chi connectivity index (χ2n) is 5.46. The van der Waals surface area contributed by atoms with Gasteiger partial charge in [-0.05, 0) is 61.0 Å². The van der Waals surface area contributed by atoms with E-state index in [-0.39, 0.29) is 11.3 Å². The first kappa shape index (κ1) is 16.8. The van der Waals surface area contributed by atoms with Gasteiger partial charge in [0.15, 0.2) is 5.76 Å². The molecule has 5 nitrogen and oxygen atoms in total. The average Bonchev–Trinajstić information content (AvgIpc) is 3.07. The van der Waals surface area contributed by atoms with Gasteiger partial charge < -0.3 is 14.8 Å². The van der Waals surface area contributed by atoms with Gasteiger partial charge in [-0.25, -0.2) is 4.79 Å². The molecule has 25 heavy (non-hydrogen) atoms. The third kappa shape index (κ3) is 3.72. The number of halogens is 1. The Morgan fingerprint density at radius 3 is 2.44 bits per heavy atom. The molecule has 3 aromatic rings. The summed E-state index contributed by atoms with van der Waals surface area (Å²) in [6.07, 6.45) is 0. The fraction of sp³-hybridized carbons (Fsp3) is 0.0526. The Bertz CT molecular complexity index is 944. The number of carboxylic acid groups (broad SMARTS) is 1. The summed E-state index contributed by atoms with van der Waals surface area (Å²) in [5, 5.41) is 12.4. The van der Waals surface area contributed by atoms with E-state index in [0.717, 1.165) is 11.1 Å². The summed E-state index contributed by atoms with van der Waals surface area (Å²) in [4.78, 5) is 23.4. The van der Waals surface area contributed by atoms with E-state index in [1.165, 1.54) is 12.1 Å². The Labute approximate surface area is 148 Å². The van der Waals surface area contributed by atoms with Crippen LogP contribution in [0.1, 0.15) is 26.5 Å². The number of aryl methyl sites for hydroxylation is 1. The van der Waals surface area contributed by atoms with E-state index < -0.39 is 11.9 Å². The molecule has 1 amide bonds. The lowest BCUT2D eigenvalue weighted by atomic mass is 10.1. The average molecular weight is 356 g/mol. The number of carboxylic acids is 1. The van der Waals surface area contributed by atoms with Gasteiger partial charge in [-0.1, -0.05) is 17.7 Å². The molecule has 6 heteroatoms. The predicted molar refractivity (Wildman–Crippen MR) is 95.2 cm³/mol. The number of aromatic carboxylic acids is 1. The van der Waals surface area contributed by atoms with Crippen LogP contribution < -0.4 is 5.32 Å². The molecule has 0 aliphatic carbocycles. The number of hydrogen-bond acceptors (Lipinski definition) is 3. The first-order chi connectivity index (χ1) is 11.9. The zero-order valence-corrected chi connectivity index (χ0v) is 14.0. The summed E-state index contributed by atoms with van der Waals surface area (Å²) in [5.74, 6) is -0.840. The van der Waals surface area contributed by atoms with Crippen molar-refractivity contribution >= 4 is 29.2 Å². The molecule has 3 rings (SSSR count). The molecule has 2 N–H and O–H groups in total. The number of rotatable bonds is 4. The van der Waals surface area contributed by atoms with Crippen molar-refractivity contribution in [1.82, 2.24) is 0 Å². The molecule has 0 saturated heterocycles. The molecule has 0 bridgehead atoms. The van der Waals surface area contributed by atoms with Gasteiger partial charge in [-0.2, -0.15) is 0 Å². The molecule has 0 saturated carbocycles. The van der Waals surface area contributed by atoms with E-state index in [4.69, 9.17) is 21.1 Å². The van der Waals surface area contributed by atoms with E-state index in [0.29, 0.717) is 16.5 Å². The van der Waals surface area contributed by atoms with Gasteiger partial charge in [0.25, 0.3) is 5.91 Å². The second-order valence-corrected chi connectivity index (χ2v) is 5.90. The Balaban J connectivity index is 1.82. The van der Waals surface area contributed by atoms with E-state index in [2.05, 4.69) is 5.32 Å². The number of amides is 1. The largest absolute Gasteiger partial charge is 0.478 e. The van der Waals surface area contributed by atoms with Crippen LogP contribution in [-0.4, -0.2) is 17.0 Å². The minimum Gasteiger partial charge on any atom is -0.478 e.